The smallest absolute Gasteiger partial charge is 0.102 e. The summed E-state index contributed by atoms with van der Waals surface area (Å²) in [7, 11) is 0. The third-order valence-electron chi connectivity index (χ3n) is 3.50. The van der Waals surface area contributed by atoms with Gasteiger partial charge in [-0.1, -0.05) is 82.8 Å². The first-order valence-electron chi connectivity index (χ1n) is 7.63. The van der Waals surface area contributed by atoms with Crippen molar-refractivity contribution in [3.8, 4) is 0 Å². The zero-order valence-corrected chi connectivity index (χ0v) is 13.1. The van der Waals surface area contributed by atoms with E-state index in [2.05, 4.69) is 83.8 Å². The van der Waals surface area contributed by atoms with Crippen molar-refractivity contribution >= 4 is 0 Å². The van der Waals surface area contributed by atoms with Gasteiger partial charge in [-0.15, -0.1) is 13.2 Å². The van der Waals surface area contributed by atoms with E-state index in [1.165, 1.54) is 11.1 Å². The molecule has 113 valence electrons. The Bertz CT molecular complexity index is 511. The maximum Gasteiger partial charge on any atom is 0.170 e. The average Bonchev–Trinajstić information content (AvgIpc) is 2.56. The van der Waals surface area contributed by atoms with Gasteiger partial charge in [-0.2, -0.15) is 0 Å². The molecular formula is C20H24N2+. The highest BCUT2D eigenvalue weighted by molar-refractivity contribution is 5.17. The molecule has 2 heteroatoms. The lowest BCUT2D eigenvalue weighted by atomic mass is 10.2. The molecule has 0 aromatic heterocycles. The predicted molar refractivity (Wildman–Crippen MR) is 94.4 cm³/mol. The first-order chi connectivity index (χ1) is 10.8. The van der Waals surface area contributed by atoms with Crippen LogP contribution in [0, 0.1) is 0 Å². The monoisotopic (exact) mass is 292 g/mol. The third-order valence-corrected chi connectivity index (χ3v) is 3.50. The van der Waals surface area contributed by atoms with Gasteiger partial charge in [0.15, 0.2) is 13.1 Å². The number of hydrogen-bond acceptors (Lipinski definition) is 2. The summed E-state index contributed by atoms with van der Waals surface area (Å²) in [6.07, 6.45) is 3.87. The van der Waals surface area contributed by atoms with Crippen LogP contribution in [0.3, 0.4) is 0 Å². The minimum absolute atomic E-state index is 0.811. The van der Waals surface area contributed by atoms with E-state index in [-0.39, 0.29) is 0 Å². The Morgan fingerprint density at radius 3 is 1.50 bits per heavy atom. The van der Waals surface area contributed by atoms with E-state index >= 15 is 0 Å². The summed E-state index contributed by atoms with van der Waals surface area (Å²) in [5, 5.41) is 4.63. The maximum atomic E-state index is 3.88. The van der Waals surface area contributed by atoms with Crippen LogP contribution < -0.4 is 5.01 Å². The number of rotatable bonds is 9. The van der Waals surface area contributed by atoms with Crippen LogP contribution in [0.2, 0.25) is 0 Å². The van der Waals surface area contributed by atoms with Crippen LogP contribution in [-0.2, 0) is 13.1 Å². The largest absolute Gasteiger partial charge is 0.170 e. The number of nitrogens with zero attached hydrogens (tertiary/aromatic N) is 2. The van der Waals surface area contributed by atoms with Gasteiger partial charge in [0.1, 0.15) is 0 Å². The van der Waals surface area contributed by atoms with Gasteiger partial charge in [-0.25, -0.2) is 0 Å². The van der Waals surface area contributed by atoms with Gasteiger partial charge in [0.25, 0.3) is 0 Å². The molecule has 0 bridgehead atoms. The van der Waals surface area contributed by atoms with Crippen LogP contribution >= 0.6 is 0 Å². The maximum absolute atomic E-state index is 3.88. The quantitative estimate of drug-likeness (QED) is 0.384. The predicted octanol–water partition coefficient (Wildman–Crippen LogP) is 4.12. The minimum Gasteiger partial charge on any atom is -0.102 e. The molecule has 2 nitrogen and oxygen atoms in total. The van der Waals surface area contributed by atoms with Crippen molar-refractivity contribution in [3.63, 3.8) is 0 Å². The Morgan fingerprint density at radius 1 is 0.727 bits per heavy atom. The molecule has 0 aliphatic carbocycles. The normalized spacial score (nSPS) is 10.8. The van der Waals surface area contributed by atoms with Crippen molar-refractivity contribution in [2.24, 2.45) is 0 Å². The molecule has 0 atom stereocenters. The third kappa shape index (κ3) is 4.99. The molecule has 0 unspecified atom stereocenters. The van der Waals surface area contributed by atoms with Crippen molar-refractivity contribution in [2.75, 3.05) is 13.1 Å². The Balaban J connectivity index is 2.18. The Kier molecular flexibility index (Phi) is 6.62. The van der Waals surface area contributed by atoms with Crippen LogP contribution in [0.4, 0.5) is 0 Å². The van der Waals surface area contributed by atoms with E-state index in [0.29, 0.717) is 0 Å². The van der Waals surface area contributed by atoms with Crippen molar-refractivity contribution < 1.29 is 0 Å². The molecule has 0 N–H and O–H groups in total. The standard InChI is InChI=1S/C20H24N2/c1-3-15-21(16-4-2)22(17-19-11-7-5-8-12-19)18-20-13-9-6-10-14-20/h3-14H,1-2,15-18H2/q+1. The van der Waals surface area contributed by atoms with Crippen molar-refractivity contribution in [2.45, 2.75) is 13.1 Å². The molecule has 0 heterocycles. The summed E-state index contributed by atoms with van der Waals surface area (Å²) >= 11 is 0. The lowest BCUT2D eigenvalue weighted by molar-refractivity contribution is 0.0799. The lowest BCUT2D eigenvalue weighted by Crippen LogP contribution is -2.46. The van der Waals surface area contributed by atoms with E-state index < -0.39 is 0 Å². The van der Waals surface area contributed by atoms with E-state index in [1.807, 2.05) is 12.2 Å². The summed E-state index contributed by atoms with van der Waals surface area (Å²) in [5.41, 5.74) is 2.60. The number of benzene rings is 2. The highest BCUT2D eigenvalue weighted by Gasteiger charge is 2.24. The highest BCUT2D eigenvalue weighted by atomic mass is 15.6. The molecule has 0 spiro atoms. The number of hydrazine groups is 1. The molecule has 2 rings (SSSR count). The van der Waals surface area contributed by atoms with E-state index in [9.17, 15) is 0 Å². The summed E-state index contributed by atoms with van der Waals surface area (Å²) < 4.78 is 0. The van der Waals surface area contributed by atoms with Gasteiger partial charge in [0, 0.05) is 11.1 Å². The topological polar surface area (TPSA) is 9.14 Å². The fourth-order valence-corrected chi connectivity index (χ4v) is 2.45. The lowest BCUT2D eigenvalue weighted by Gasteiger charge is -2.23. The second kappa shape index (κ2) is 8.98. The Morgan fingerprint density at radius 2 is 1.14 bits per heavy atom. The van der Waals surface area contributed by atoms with Crippen molar-refractivity contribution in [3.05, 3.63) is 97.1 Å². The molecule has 0 aliphatic rings. The van der Waals surface area contributed by atoms with Gasteiger partial charge in [-0.3, -0.25) is 0 Å². The first-order valence-corrected chi connectivity index (χ1v) is 7.63. The van der Waals surface area contributed by atoms with E-state index in [1.54, 1.807) is 0 Å². The fourth-order valence-electron chi connectivity index (χ4n) is 2.45. The zero-order chi connectivity index (χ0) is 15.6. The SMILES string of the molecule is C=CCN(CC=C)[N+](Cc1ccccc1)Cc1ccccc1. The molecular weight excluding hydrogens is 268 g/mol. The van der Waals surface area contributed by atoms with Gasteiger partial charge in [-0.05, 0) is 0 Å². The van der Waals surface area contributed by atoms with Crippen LogP contribution in [0.1, 0.15) is 11.1 Å². The summed E-state index contributed by atoms with van der Waals surface area (Å²) in [6, 6.07) is 21.1. The van der Waals surface area contributed by atoms with Gasteiger partial charge < -0.3 is 0 Å². The van der Waals surface area contributed by atoms with Crippen molar-refractivity contribution in [1.82, 2.24) is 10.0 Å². The van der Waals surface area contributed by atoms with Gasteiger partial charge in [0.05, 0.1) is 13.1 Å². The van der Waals surface area contributed by atoms with Gasteiger partial charge >= 0.3 is 0 Å². The Hall–Kier alpha value is -2.16. The summed E-state index contributed by atoms with van der Waals surface area (Å²) in [5.74, 6) is 0. The van der Waals surface area contributed by atoms with Crippen LogP contribution in [0.15, 0.2) is 86.0 Å². The molecule has 2 aromatic rings. The molecule has 1 radical (unpaired) electrons. The van der Waals surface area contributed by atoms with Gasteiger partial charge in [0.2, 0.25) is 0 Å². The zero-order valence-electron chi connectivity index (χ0n) is 13.1. The average molecular weight is 292 g/mol. The first kappa shape index (κ1) is 16.2. The second-order valence-electron chi connectivity index (χ2n) is 5.24. The molecule has 2 aromatic carbocycles. The van der Waals surface area contributed by atoms with E-state index in [4.69, 9.17) is 0 Å². The van der Waals surface area contributed by atoms with Crippen LogP contribution in [-0.4, -0.2) is 18.1 Å². The minimum atomic E-state index is 0.811. The van der Waals surface area contributed by atoms with Crippen LogP contribution in [0.25, 0.3) is 0 Å². The molecule has 0 amide bonds. The van der Waals surface area contributed by atoms with Crippen LogP contribution in [0.5, 0.6) is 0 Å². The highest BCUT2D eigenvalue weighted by Crippen LogP contribution is 2.10. The number of hydrogen-bond donors (Lipinski definition) is 0. The fraction of sp³-hybridized carbons (Fsp3) is 0.200. The second-order valence-corrected chi connectivity index (χ2v) is 5.24. The summed E-state index contributed by atoms with van der Waals surface area (Å²) in [4.78, 5) is 0. The molecule has 0 aliphatic heterocycles. The summed E-state index contributed by atoms with van der Waals surface area (Å²) in [6.45, 7) is 11.1. The van der Waals surface area contributed by atoms with Crippen molar-refractivity contribution in [1.29, 1.82) is 0 Å². The molecule has 0 saturated heterocycles. The Labute approximate surface area is 134 Å². The molecule has 0 fully saturated rings. The molecule has 0 saturated carbocycles. The molecule has 22 heavy (non-hydrogen) atoms. The van der Waals surface area contributed by atoms with E-state index in [0.717, 1.165) is 26.2 Å².